The van der Waals surface area contributed by atoms with E-state index in [-0.39, 0.29) is 0 Å². The van der Waals surface area contributed by atoms with Crippen LogP contribution in [0.3, 0.4) is 0 Å². The highest BCUT2D eigenvalue weighted by molar-refractivity contribution is 5.72. The minimum absolute atomic E-state index is 0.822. The summed E-state index contributed by atoms with van der Waals surface area (Å²) in [5.41, 5.74) is 11.5. The molecule has 0 fully saturated rings. The molecule has 0 amide bonds. The van der Waals surface area contributed by atoms with E-state index in [2.05, 4.69) is 18.8 Å². The molecule has 2 rings (SSSR count). The summed E-state index contributed by atoms with van der Waals surface area (Å²) < 4.78 is 0. The van der Waals surface area contributed by atoms with E-state index in [1.54, 1.807) is 0 Å². The van der Waals surface area contributed by atoms with Crippen molar-refractivity contribution in [2.24, 2.45) is 0 Å². The Hall–Kier alpha value is -1.83. The summed E-state index contributed by atoms with van der Waals surface area (Å²) in [5.74, 6) is 0. The van der Waals surface area contributed by atoms with E-state index in [9.17, 15) is 0 Å². The van der Waals surface area contributed by atoms with Crippen LogP contribution in [-0.4, -0.2) is 4.98 Å². The first-order valence-electron chi connectivity index (χ1n) is 4.95. The Balaban J connectivity index is 2.64. The Kier molecular flexibility index (Phi) is 2.42. The number of benzene rings is 1. The van der Waals surface area contributed by atoms with Gasteiger partial charge in [0, 0.05) is 18.1 Å². The van der Waals surface area contributed by atoms with Gasteiger partial charge in [0.15, 0.2) is 0 Å². The molecule has 1 heterocycles. The average molecular weight is 198 g/mol. The molecule has 1 aromatic heterocycles. The lowest BCUT2D eigenvalue weighted by Gasteiger charge is -2.10. The third kappa shape index (κ3) is 1.84. The fourth-order valence-corrected chi connectivity index (χ4v) is 1.97. The molecule has 0 aliphatic carbocycles. The summed E-state index contributed by atoms with van der Waals surface area (Å²) in [7, 11) is 0. The van der Waals surface area contributed by atoms with Crippen molar-refractivity contribution >= 4 is 5.69 Å². The molecule has 0 atom stereocenters. The van der Waals surface area contributed by atoms with Gasteiger partial charge in [0.05, 0.1) is 0 Å². The molecule has 2 aromatic rings. The molecule has 0 aliphatic heterocycles. The summed E-state index contributed by atoms with van der Waals surface area (Å²) in [6, 6.07) is 8.04. The van der Waals surface area contributed by atoms with Crippen LogP contribution in [0.1, 0.15) is 11.1 Å². The van der Waals surface area contributed by atoms with Crippen molar-refractivity contribution in [1.29, 1.82) is 0 Å². The zero-order valence-electron chi connectivity index (χ0n) is 8.99. The second-order valence-electron chi connectivity index (χ2n) is 3.77. The lowest BCUT2D eigenvalue weighted by molar-refractivity contribution is 1.31. The molecule has 0 unspecified atom stereocenters. The number of hydrogen-bond acceptors (Lipinski definition) is 2. The van der Waals surface area contributed by atoms with Crippen molar-refractivity contribution in [2.75, 3.05) is 5.73 Å². The van der Waals surface area contributed by atoms with Gasteiger partial charge >= 0.3 is 0 Å². The van der Waals surface area contributed by atoms with E-state index in [1.807, 2.05) is 36.7 Å². The maximum absolute atomic E-state index is 5.79. The van der Waals surface area contributed by atoms with Gasteiger partial charge in [-0.25, -0.2) is 0 Å². The summed E-state index contributed by atoms with van der Waals surface area (Å²) in [5, 5.41) is 0. The predicted octanol–water partition coefficient (Wildman–Crippen LogP) is 2.95. The van der Waals surface area contributed by atoms with Crippen molar-refractivity contribution < 1.29 is 0 Å². The number of rotatable bonds is 1. The predicted molar refractivity (Wildman–Crippen MR) is 63.6 cm³/mol. The molecule has 0 radical (unpaired) electrons. The minimum atomic E-state index is 0.822. The van der Waals surface area contributed by atoms with Crippen LogP contribution < -0.4 is 5.73 Å². The summed E-state index contributed by atoms with van der Waals surface area (Å²) in [6.45, 7) is 4.16. The van der Waals surface area contributed by atoms with Crippen LogP contribution in [0, 0.1) is 13.8 Å². The van der Waals surface area contributed by atoms with Gasteiger partial charge in [-0.15, -0.1) is 0 Å². The van der Waals surface area contributed by atoms with E-state index in [0.717, 1.165) is 5.69 Å². The molecule has 0 aliphatic rings. The van der Waals surface area contributed by atoms with E-state index in [4.69, 9.17) is 5.73 Å². The van der Waals surface area contributed by atoms with Crippen LogP contribution in [0.15, 0.2) is 36.7 Å². The lowest BCUT2D eigenvalue weighted by Crippen LogP contribution is -1.92. The average Bonchev–Trinajstić information content (AvgIpc) is 2.17. The molecule has 0 saturated carbocycles. The maximum Gasteiger partial charge on any atom is 0.0319 e. The lowest BCUT2D eigenvalue weighted by atomic mass is 9.96. The van der Waals surface area contributed by atoms with Crippen molar-refractivity contribution in [2.45, 2.75) is 13.8 Å². The molecule has 1 aromatic carbocycles. The van der Waals surface area contributed by atoms with E-state index in [0.29, 0.717) is 0 Å². The normalized spacial score (nSPS) is 10.3. The third-order valence-corrected chi connectivity index (χ3v) is 2.52. The minimum Gasteiger partial charge on any atom is -0.399 e. The second-order valence-corrected chi connectivity index (χ2v) is 3.77. The van der Waals surface area contributed by atoms with Crippen LogP contribution in [0.2, 0.25) is 0 Å². The first kappa shape index (κ1) is 9.71. The molecule has 0 bridgehead atoms. The zero-order chi connectivity index (χ0) is 10.8. The monoisotopic (exact) mass is 198 g/mol. The van der Waals surface area contributed by atoms with Gasteiger partial charge in [-0.3, -0.25) is 4.98 Å². The highest BCUT2D eigenvalue weighted by Gasteiger charge is 2.05. The fourth-order valence-electron chi connectivity index (χ4n) is 1.97. The largest absolute Gasteiger partial charge is 0.399 e. The SMILES string of the molecule is Cc1cc(N)cc(C)c1-c1ccncc1. The van der Waals surface area contributed by atoms with Crippen molar-refractivity contribution in [3.63, 3.8) is 0 Å². The van der Waals surface area contributed by atoms with Crippen LogP contribution in [0.5, 0.6) is 0 Å². The number of nitrogen functional groups attached to an aromatic ring is 1. The molecule has 2 nitrogen and oxygen atoms in total. The van der Waals surface area contributed by atoms with Gasteiger partial charge in [-0.2, -0.15) is 0 Å². The number of nitrogens with zero attached hydrogens (tertiary/aromatic N) is 1. The number of aryl methyl sites for hydroxylation is 2. The molecule has 2 heteroatoms. The van der Waals surface area contributed by atoms with E-state index >= 15 is 0 Å². The Bertz CT molecular complexity index is 452. The standard InChI is InChI=1S/C13H14N2/c1-9-7-12(14)8-10(2)13(9)11-3-5-15-6-4-11/h3-8H,14H2,1-2H3. The van der Waals surface area contributed by atoms with Crippen LogP contribution in [0.25, 0.3) is 11.1 Å². The molecule has 15 heavy (non-hydrogen) atoms. The van der Waals surface area contributed by atoms with Crippen molar-refractivity contribution in [1.82, 2.24) is 4.98 Å². The Labute approximate surface area is 89.8 Å². The van der Waals surface area contributed by atoms with Gasteiger partial charge < -0.3 is 5.73 Å². The van der Waals surface area contributed by atoms with Crippen LogP contribution in [-0.2, 0) is 0 Å². The molecular weight excluding hydrogens is 184 g/mol. The second kappa shape index (κ2) is 3.73. The smallest absolute Gasteiger partial charge is 0.0319 e. The zero-order valence-corrected chi connectivity index (χ0v) is 8.99. The first-order valence-corrected chi connectivity index (χ1v) is 4.95. The van der Waals surface area contributed by atoms with Gasteiger partial charge in [0.2, 0.25) is 0 Å². The number of aromatic nitrogens is 1. The van der Waals surface area contributed by atoms with Gasteiger partial charge in [0.25, 0.3) is 0 Å². The summed E-state index contributed by atoms with van der Waals surface area (Å²) >= 11 is 0. The van der Waals surface area contributed by atoms with Crippen LogP contribution in [0.4, 0.5) is 5.69 Å². The summed E-state index contributed by atoms with van der Waals surface area (Å²) in [6.07, 6.45) is 3.62. The highest BCUT2D eigenvalue weighted by Crippen LogP contribution is 2.28. The molecular formula is C13H14N2. The fraction of sp³-hybridized carbons (Fsp3) is 0.154. The highest BCUT2D eigenvalue weighted by atomic mass is 14.6. The van der Waals surface area contributed by atoms with E-state index < -0.39 is 0 Å². The van der Waals surface area contributed by atoms with Gasteiger partial charge in [-0.05, 0) is 60.4 Å². The molecule has 2 N–H and O–H groups in total. The number of nitrogens with two attached hydrogens (primary N) is 1. The Morgan fingerprint density at radius 1 is 1.00 bits per heavy atom. The Morgan fingerprint density at radius 3 is 2.07 bits per heavy atom. The molecule has 76 valence electrons. The topological polar surface area (TPSA) is 38.9 Å². The van der Waals surface area contributed by atoms with Crippen molar-refractivity contribution in [3.8, 4) is 11.1 Å². The third-order valence-electron chi connectivity index (χ3n) is 2.52. The maximum atomic E-state index is 5.79. The van der Waals surface area contributed by atoms with Gasteiger partial charge in [-0.1, -0.05) is 0 Å². The van der Waals surface area contributed by atoms with Gasteiger partial charge in [0.1, 0.15) is 0 Å². The number of anilines is 1. The quantitative estimate of drug-likeness (QED) is 0.715. The first-order chi connectivity index (χ1) is 7.18. The number of hydrogen-bond donors (Lipinski definition) is 1. The van der Waals surface area contributed by atoms with Crippen LogP contribution >= 0.6 is 0 Å². The summed E-state index contributed by atoms with van der Waals surface area (Å²) in [4.78, 5) is 4.02. The van der Waals surface area contributed by atoms with E-state index in [1.165, 1.54) is 22.3 Å². The Morgan fingerprint density at radius 2 is 1.53 bits per heavy atom. The van der Waals surface area contributed by atoms with Crippen molar-refractivity contribution in [3.05, 3.63) is 47.8 Å². The molecule has 0 saturated heterocycles. The molecule has 0 spiro atoms. The number of pyridine rings is 1.